The zero-order chi connectivity index (χ0) is 25.7. The molecular formula is C28H28N4O4. The first-order valence-corrected chi connectivity index (χ1v) is 11.6. The van der Waals surface area contributed by atoms with Crippen LogP contribution in [0.5, 0.6) is 5.75 Å². The molecule has 8 nitrogen and oxygen atoms in total. The number of hydrogen-bond donors (Lipinski definition) is 2. The van der Waals surface area contributed by atoms with Crippen molar-refractivity contribution >= 4 is 29.1 Å². The summed E-state index contributed by atoms with van der Waals surface area (Å²) in [6.07, 6.45) is -1.16. The van der Waals surface area contributed by atoms with Crippen molar-refractivity contribution in [2.24, 2.45) is 4.99 Å². The first-order valence-electron chi connectivity index (χ1n) is 11.6. The van der Waals surface area contributed by atoms with E-state index in [4.69, 9.17) is 4.74 Å². The van der Waals surface area contributed by atoms with E-state index >= 15 is 0 Å². The molecule has 0 unspecified atom stereocenters. The Balaban J connectivity index is 1.48. The van der Waals surface area contributed by atoms with Crippen LogP contribution in [0.25, 0.3) is 0 Å². The van der Waals surface area contributed by atoms with Crippen LogP contribution in [0.4, 0.5) is 5.69 Å². The highest BCUT2D eigenvalue weighted by atomic mass is 16.5. The summed E-state index contributed by atoms with van der Waals surface area (Å²) in [7, 11) is 1.65. The minimum Gasteiger partial charge on any atom is -0.484 e. The zero-order valence-electron chi connectivity index (χ0n) is 20.4. The van der Waals surface area contributed by atoms with E-state index in [2.05, 4.69) is 15.6 Å². The van der Waals surface area contributed by atoms with Crippen LogP contribution in [0.3, 0.4) is 0 Å². The highest BCUT2D eigenvalue weighted by Crippen LogP contribution is 2.27. The fraction of sp³-hybridized carbons (Fsp3) is 0.214. The number of nitrogens with zero attached hydrogens (tertiary/aromatic N) is 2. The SMILES string of the molecule is Cc1ccc(OCC(=O)N[C@@H](C)C(=O)N[C@H]2N=C(c3ccccc3)c3ccccc3N(C)C2=O)cc1. The van der Waals surface area contributed by atoms with Gasteiger partial charge in [-0.3, -0.25) is 14.4 Å². The third-order valence-corrected chi connectivity index (χ3v) is 5.83. The maximum absolute atomic E-state index is 13.2. The molecule has 0 saturated carbocycles. The lowest BCUT2D eigenvalue weighted by molar-refractivity contribution is -0.131. The fourth-order valence-corrected chi connectivity index (χ4v) is 3.83. The molecular weight excluding hydrogens is 456 g/mol. The molecule has 1 aliphatic rings. The van der Waals surface area contributed by atoms with Gasteiger partial charge in [0.15, 0.2) is 6.61 Å². The summed E-state index contributed by atoms with van der Waals surface area (Å²) < 4.78 is 5.47. The number of hydrogen-bond acceptors (Lipinski definition) is 5. The first-order chi connectivity index (χ1) is 17.3. The molecule has 36 heavy (non-hydrogen) atoms. The average Bonchev–Trinajstić information content (AvgIpc) is 2.99. The van der Waals surface area contributed by atoms with Crippen LogP contribution >= 0.6 is 0 Å². The number of fused-ring (bicyclic) bond motifs is 1. The third-order valence-electron chi connectivity index (χ3n) is 5.83. The lowest BCUT2D eigenvalue weighted by Crippen LogP contribution is -2.52. The number of rotatable bonds is 7. The van der Waals surface area contributed by atoms with E-state index in [-0.39, 0.29) is 12.5 Å². The molecule has 0 aromatic heterocycles. The predicted molar refractivity (Wildman–Crippen MR) is 138 cm³/mol. The van der Waals surface area contributed by atoms with Gasteiger partial charge in [0.05, 0.1) is 11.4 Å². The van der Waals surface area contributed by atoms with Crippen LogP contribution in [0.2, 0.25) is 0 Å². The Morgan fingerprint density at radius 2 is 1.67 bits per heavy atom. The lowest BCUT2D eigenvalue weighted by atomic mass is 10.0. The Labute approximate surface area is 210 Å². The molecule has 2 N–H and O–H groups in total. The van der Waals surface area contributed by atoms with Gasteiger partial charge in [-0.2, -0.15) is 0 Å². The molecule has 3 amide bonds. The largest absolute Gasteiger partial charge is 0.484 e. The first kappa shape index (κ1) is 24.7. The van der Waals surface area contributed by atoms with Crippen LogP contribution in [0, 0.1) is 6.92 Å². The van der Waals surface area contributed by atoms with Crippen molar-refractivity contribution in [2.45, 2.75) is 26.1 Å². The molecule has 0 spiro atoms. The number of nitrogens with one attached hydrogen (secondary N) is 2. The Kier molecular flexibility index (Phi) is 7.44. The Hall–Kier alpha value is -4.46. The van der Waals surface area contributed by atoms with Crippen molar-refractivity contribution in [3.8, 4) is 5.75 Å². The van der Waals surface area contributed by atoms with Gasteiger partial charge >= 0.3 is 0 Å². The second-order valence-corrected chi connectivity index (χ2v) is 8.56. The summed E-state index contributed by atoms with van der Waals surface area (Å²) in [6, 6.07) is 23.3. The fourth-order valence-electron chi connectivity index (χ4n) is 3.83. The van der Waals surface area contributed by atoms with Gasteiger partial charge < -0.3 is 20.3 Å². The highest BCUT2D eigenvalue weighted by molar-refractivity contribution is 6.20. The number of aliphatic imine (C=N–C) groups is 1. The standard InChI is InChI=1S/C28H28N4O4/c1-18-13-15-21(16-14-18)36-17-24(33)29-19(2)27(34)31-26-28(35)32(3)23-12-8-7-11-22(23)25(30-26)20-9-5-4-6-10-20/h4-16,19,26H,17H2,1-3H3,(H,29,33)(H,31,34)/t19-,26+/m0/s1. The van der Waals surface area contributed by atoms with Crippen molar-refractivity contribution in [3.05, 3.63) is 95.6 Å². The minimum atomic E-state index is -1.16. The molecule has 3 aromatic rings. The topological polar surface area (TPSA) is 100 Å². The quantitative estimate of drug-likeness (QED) is 0.539. The number of carbonyl (C=O) groups excluding carboxylic acids is 3. The molecule has 3 aromatic carbocycles. The van der Waals surface area contributed by atoms with E-state index in [1.165, 1.54) is 4.90 Å². The van der Waals surface area contributed by atoms with Gasteiger partial charge in [0.25, 0.3) is 11.8 Å². The Morgan fingerprint density at radius 1 is 1.00 bits per heavy atom. The maximum atomic E-state index is 13.2. The number of benzodiazepines with no additional fused rings is 1. The summed E-state index contributed by atoms with van der Waals surface area (Å²) in [5.41, 5.74) is 3.97. The van der Waals surface area contributed by atoms with E-state index < -0.39 is 24.0 Å². The van der Waals surface area contributed by atoms with Gasteiger partial charge in [-0.05, 0) is 32.0 Å². The monoisotopic (exact) mass is 484 g/mol. The van der Waals surface area contributed by atoms with E-state index in [1.54, 1.807) is 26.1 Å². The second-order valence-electron chi connectivity index (χ2n) is 8.56. The summed E-state index contributed by atoms with van der Waals surface area (Å²) in [6.45, 7) is 3.26. The zero-order valence-corrected chi connectivity index (χ0v) is 20.4. The molecule has 0 saturated heterocycles. The molecule has 4 rings (SSSR count). The van der Waals surface area contributed by atoms with Crippen LogP contribution in [-0.4, -0.2) is 49.3 Å². The van der Waals surface area contributed by atoms with Crippen LogP contribution < -0.4 is 20.3 Å². The van der Waals surface area contributed by atoms with E-state index in [9.17, 15) is 14.4 Å². The van der Waals surface area contributed by atoms with E-state index in [1.807, 2.05) is 73.7 Å². The Morgan fingerprint density at radius 3 is 2.39 bits per heavy atom. The van der Waals surface area contributed by atoms with Gasteiger partial charge in [-0.1, -0.05) is 66.2 Å². The molecule has 1 heterocycles. The summed E-state index contributed by atoms with van der Waals surface area (Å²) in [5, 5.41) is 5.29. The number of aryl methyl sites for hydroxylation is 1. The van der Waals surface area contributed by atoms with Crippen LogP contribution in [0.1, 0.15) is 23.6 Å². The molecule has 8 heteroatoms. The number of ether oxygens (including phenoxy) is 1. The van der Waals surface area contributed by atoms with E-state index in [0.29, 0.717) is 17.1 Å². The molecule has 0 bridgehead atoms. The number of carbonyl (C=O) groups is 3. The number of anilines is 1. The molecule has 0 radical (unpaired) electrons. The number of para-hydroxylation sites is 1. The van der Waals surface area contributed by atoms with Gasteiger partial charge in [-0.15, -0.1) is 0 Å². The van der Waals surface area contributed by atoms with Crippen LogP contribution in [-0.2, 0) is 14.4 Å². The third kappa shape index (κ3) is 5.60. The number of amides is 3. The van der Waals surface area contributed by atoms with Crippen molar-refractivity contribution in [3.63, 3.8) is 0 Å². The van der Waals surface area contributed by atoms with Gasteiger partial charge in [0.2, 0.25) is 12.1 Å². The predicted octanol–water partition coefficient (Wildman–Crippen LogP) is 2.83. The van der Waals surface area contributed by atoms with Gasteiger partial charge in [0, 0.05) is 18.2 Å². The van der Waals surface area contributed by atoms with Crippen molar-refractivity contribution < 1.29 is 19.1 Å². The maximum Gasteiger partial charge on any atom is 0.272 e. The van der Waals surface area contributed by atoms with Crippen molar-refractivity contribution in [2.75, 3.05) is 18.6 Å². The smallest absolute Gasteiger partial charge is 0.272 e. The highest BCUT2D eigenvalue weighted by Gasteiger charge is 2.32. The van der Waals surface area contributed by atoms with E-state index in [0.717, 1.165) is 16.7 Å². The Bertz CT molecular complexity index is 1290. The minimum absolute atomic E-state index is 0.239. The molecule has 0 fully saturated rings. The van der Waals surface area contributed by atoms with Crippen LogP contribution in [0.15, 0.2) is 83.9 Å². The summed E-state index contributed by atoms with van der Waals surface area (Å²) in [5.74, 6) is -0.818. The van der Waals surface area contributed by atoms with Crippen molar-refractivity contribution in [1.29, 1.82) is 0 Å². The van der Waals surface area contributed by atoms with Crippen molar-refractivity contribution in [1.82, 2.24) is 10.6 Å². The molecule has 0 aliphatic carbocycles. The average molecular weight is 485 g/mol. The van der Waals surface area contributed by atoms with Gasteiger partial charge in [-0.25, -0.2) is 4.99 Å². The van der Waals surface area contributed by atoms with Gasteiger partial charge in [0.1, 0.15) is 11.8 Å². The molecule has 2 atom stereocenters. The lowest BCUT2D eigenvalue weighted by Gasteiger charge is -2.22. The summed E-state index contributed by atoms with van der Waals surface area (Å²) in [4.78, 5) is 44.7. The second kappa shape index (κ2) is 10.9. The normalized spacial score (nSPS) is 15.8. The number of likely N-dealkylation sites (N-methyl/N-ethyl adjacent to an activating group) is 1. The number of benzene rings is 3. The summed E-state index contributed by atoms with van der Waals surface area (Å²) >= 11 is 0. The molecule has 184 valence electrons. The molecule has 1 aliphatic heterocycles.